The molecule has 0 bridgehead atoms. The highest BCUT2D eigenvalue weighted by atomic mass is 16.2. The van der Waals surface area contributed by atoms with Crippen LogP contribution in [0.1, 0.15) is 56.9 Å². The van der Waals surface area contributed by atoms with E-state index in [9.17, 15) is 9.59 Å². The predicted octanol–water partition coefficient (Wildman–Crippen LogP) is 4.13. The smallest absolute Gasteiger partial charge is 0.222 e. The molecule has 4 rings (SSSR count). The van der Waals surface area contributed by atoms with Crippen molar-refractivity contribution < 1.29 is 9.59 Å². The van der Waals surface area contributed by atoms with Gasteiger partial charge in [0.05, 0.1) is 0 Å². The lowest BCUT2D eigenvalue weighted by molar-refractivity contribution is -0.139. The van der Waals surface area contributed by atoms with Gasteiger partial charge in [0.15, 0.2) is 0 Å². The average molecular weight is 396 g/mol. The zero-order valence-corrected chi connectivity index (χ0v) is 17.4. The molecule has 1 aromatic carbocycles. The molecule has 29 heavy (non-hydrogen) atoms. The topological polar surface area (TPSA) is 56.4 Å². The van der Waals surface area contributed by atoms with E-state index in [0.29, 0.717) is 39.0 Å². The number of para-hydroxylation sites is 1. The SMILES string of the molecule is O=C(CCCc1c[nH]c2ccccc12)N1CCN(C(=O)CCC2CCCC2)CC1. The molecule has 1 saturated carbocycles. The molecule has 2 aromatic rings. The molecule has 1 aliphatic carbocycles. The Bertz CT molecular complexity index is 830. The summed E-state index contributed by atoms with van der Waals surface area (Å²) in [6, 6.07) is 8.30. The minimum Gasteiger partial charge on any atom is -0.361 e. The number of hydrogen-bond acceptors (Lipinski definition) is 2. The number of fused-ring (bicyclic) bond motifs is 1. The summed E-state index contributed by atoms with van der Waals surface area (Å²) in [5, 5.41) is 1.25. The van der Waals surface area contributed by atoms with Crippen LogP contribution in [0.15, 0.2) is 30.5 Å². The van der Waals surface area contributed by atoms with Gasteiger partial charge in [-0.05, 0) is 36.8 Å². The Morgan fingerprint density at radius 2 is 1.59 bits per heavy atom. The van der Waals surface area contributed by atoms with Crippen molar-refractivity contribution in [2.75, 3.05) is 26.2 Å². The third-order valence-corrected chi connectivity index (χ3v) is 6.74. The van der Waals surface area contributed by atoms with Crippen LogP contribution in [0.25, 0.3) is 10.9 Å². The quantitative estimate of drug-likeness (QED) is 0.766. The second-order valence-corrected chi connectivity index (χ2v) is 8.66. The van der Waals surface area contributed by atoms with Gasteiger partial charge in [0.2, 0.25) is 11.8 Å². The summed E-state index contributed by atoms with van der Waals surface area (Å²) in [6.45, 7) is 2.75. The number of nitrogens with zero attached hydrogens (tertiary/aromatic N) is 2. The van der Waals surface area contributed by atoms with E-state index in [0.717, 1.165) is 30.7 Å². The Morgan fingerprint density at radius 1 is 0.931 bits per heavy atom. The molecule has 1 N–H and O–H groups in total. The fraction of sp³-hybridized carbons (Fsp3) is 0.583. The lowest BCUT2D eigenvalue weighted by atomic mass is 10.0. The van der Waals surface area contributed by atoms with E-state index in [1.807, 2.05) is 15.9 Å². The van der Waals surface area contributed by atoms with E-state index < -0.39 is 0 Å². The molecule has 0 atom stereocenters. The molecule has 1 saturated heterocycles. The van der Waals surface area contributed by atoms with Crippen molar-refractivity contribution in [3.05, 3.63) is 36.0 Å². The molecular formula is C24H33N3O2. The first-order valence-electron chi connectivity index (χ1n) is 11.3. The van der Waals surface area contributed by atoms with Crippen molar-refractivity contribution in [3.63, 3.8) is 0 Å². The van der Waals surface area contributed by atoms with E-state index in [4.69, 9.17) is 0 Å². The van der Waals surface area contributed by atoms with Crippen molar-refractivity contribution in [3.8, 4) is 0 Å². The number of amides is 2. The summed E-state index contributed by atoms with van der Waals surface area (Å²) >= 11 is 0. The van der Waals surface area contributed by atoms with Gasteiger partial charge in [0.1, 0.15) is 0 Å². The molecule has 2 aliphatic rings. The first-order valence-corrected chi connectivity index (χ1v) is 11.3. The summed E-state index contributed by atoms with van der Waals surface area (Å²) in [7, 11) is 0. The molecule has 156 valence electrons. The lowest BCUT2D eigenvalue weighted by Gasteiger charge is -2.35. The maximum absolute atomic E-state index is 12.6. The third kappa shape index (κ3) is 5.01. The number of carbonyl (C=O) groups excluding carboxylic acids is 2. The molecule has 1 aromatic heterocycles. The number of aromatic amines is 1. The van der Waals surface area contributed by atoms with E-state index >= 15 is 0 Å². The minimum atomic E-state index is 0.225. The molecule has 1 aliphatic heterocycles. The first-order chi connectivity index (χ1) is 14.2. The lowest BCUT2D eigenvalue weighted by Crippen LogP contribution is -2.50. The van der Waals surface area contributed by atoms with Gasteiger partial charge in [-0.2, -0.15) is 0 Å². The monoisotopic (exact) mass is 395 g/mol. The number of aromatic nitrogens is 1. The van der Waals surface area contributed by atoms with Crippen LogP contribution in [0.2, 0.25) is 0 Å². The van der Waals surface area contributed by atoms with E-state index in [1.165, 1.54) is 36.6 Å². The van der Waals surface area contributed by atoms with Crippen LogP contribution in [0.5, 0.6) is 0 Å². The molecule has 2 fully saturated rings. The molecule has 5 nitrogen and oxygen atoms in total. The van der Waals surface area contributed by atoms with Gasteiger partial charge in [-0.15, -0.1) is 0 Å². The molecule has 0 spiro atoms. The van der Waals surface area contributed by atoms with Gasteiger partial charge < -0.3 is 14.8 Å². The summed E-state index contributed by atoms with van der Waals surface area (Å²) < 4.78 is 0. The summed E-state index contributed by atoms with van der Waals surface area (Å²) in [4.78, 5) is 32.2. The van der Waals surface area contributed by atoms with Gasteiger partial charge in [0.25, 0.3) is 0 Å². The van der Waals surface area contributed by atoms with Crippen LogP contribution >= 0.6 is 0 Å². The number of rotatable bonds is 7. The van der Waals surface area contributed by atoms with Crippen LogP contribution in [0.3, 0.4) is 0 Å². The minimum absolute atomic E-state index is 0.225. The van der Waals surface area contributed by atoms with Crippen LogP contribution < -0.4 is 0 Å². The van der Waals surface area contributed by atoms with Crippen molar-refractivity contribution >= 4 is 22.7 Å². The number of hydrogen-bond donors (Lipinski definition) is 1. The van der Waals surface area contributed by atoms with Gasteiger partial charge in [-0.25, -0.2) is 0 Å². The molecule has 0 unspecified atom stereocenters. The van der Waals surface area contributed by atoms with E-state index in [-0.39, 0.29) is 11.8 Å². The molecular weight excluding hydrogens is 362 g/mol. The zero-order valence-electron chi connectivity index (χ0n) is 17.4. The molecule has 2 heterocycles. The second-order valence-electron chi connectivity index (χ2n) is 8.66. The first kappa shape index (κ1) is 20.0. The number of piperazine rings is 1. The maximum atomic E-state index is 12.6. The van der Waals surface area contributed by atoms with Crippen molar-refractivity contribution in [2.24, 2.45) is 5.92 Å². The van der Waals surface area contributed by atoms with E-state index in [2.05, 4.69) is 29.4 Å². The van der Waals surface area contributed by atoms with Crippen molar-refractivity contribution in [1.29, 1.82) is 0 Å². The highest BCUT2D eigenvalue weighted by molar-refractivity contribution is 5.83. The normalized spacial score (nSPS) is 17.9. The number of nitrogens with one attached hydrogen (secondary N) is 1. The Labute approximate surface area is 173 Å². The van der Waals surface area contributed by atoms with Crippen LogP contribution in [0.4, 0.5) is 0 Å². The molecule has 2 amide bonds. The van der Waals surface area contributed by atoms with Crippen LogP contribution in [0, 0.1) is 5.92 Å². The fourth-order valence-corrected chi connectivity index (χ4v) is 4.92. The number of carbonyl (C=O) groups is 2. The van der Waals surface area contributed by atoms with Gasteiger partial charge in [-0.1, -0.05) is 43.9 Å². The average Bonchev–Trinajstić information content (AvgIpc) is 3.42. The van der Waals surface area contributed by atoms with Crippen LogP contribution in [-0.4, -0.2) is 52.8 Å². The Balaban J connectivity index is 1.16. The van der Waals surface area contributed by atoms with Crippen molar-refractivity contribution in [2.45, 2.75) is 57.8 Å². The van der Waals surface area contributed by atoms with E-state index in [1.54, 1.807) is 0 Å². The maximum Gasteiger partial charge on any atom is 0.222 e. The summed E-state index contributed by atoms with van der Waals surface area (Å²) in [5.74, 6) is 1.27. The number of aryl methyl sites for hydroxylation is 1. The Morgan fingerprint density at radius 3 is 2.31 bits per heavy atom. The third-order valence-electron chi connectivity index (χ3n) is 6.74. The fourth-order valence-electron chi connectivity index (χ4n) is 4.92. The standard InChI is InChI=1S/C24H33N3O2/c28-23(11-5-8-20-18-25-22-10-4-3-9-21(20)22)26-14-16-27(17-15-26)24(29)13-12-19-6-1-2-7-19/h3-4,9-10,18-19,25H,1-2,5-8,11-17H2. The van der Waals surface area contributed by atoms with Gasteiger partial charge >= 0.3 is 0 Å². The molecule has 5 heteroatoms. The number of H-pyrrole nitrogens is 1. The second kappa shape index (κ2) is 9.47. The Hall–Kier alpha value is -2.30. The van der Waals surface area contributed by atoms with Gasteiger partial charge in [0, 0.05) is 56.1 Å². The largest absolute Gasteiger partial charge is 0.361 e. The summed E-state index contributed by atoms with van der Waals surface area (Å²) in [5.41, 5.74) is 2.44. The highest BCUT2D eigenvalue weighted by Gasteiger charge is 2.25. The summed E-state index contributed by atoms with van der Waals surface area (Å²) in [6.07, 6.45) is 11.4. The number of benzene rings is 1. The Kier molecular flexibility index (Phi) is 6.53. The van der Waals surface area contributed by atoms with Crippen LogP contribution in [-0.2, 0) is 16.0 Å². The van der Waals surface area contributed by atoms with Gasteiger partial charge in [-0.3, -0.25) is 9.59 Å². The predicted molar refractivity (Wildman–Crippen MR) is 116 cm³/mol. The zero-order chi connectivity index (χ0) is 20.1. The van der Waals surface area contributed by atoms with Crippen molar-refractivity contribution in [1.82, 2.24) is 14.8 Å². The highest BCUT2D eigenvalue weighted by Crippen LogP contribution is 2.28. The molecule has 0 radical (unpaired) electrons.